The first-order valence-electron chi connectivity index (χ1n) is 4.55. The zero-order valence-corrected chi connectivity index (χ0v) is 8.29. The number of nitrogens with zero attached hydrogens (tertiary/aromatic N) is 3. The number of aromatic nitrogens is 3. The number of pyridine rings is 1. The van der Waals surface area contributed by atoms with E-state index in [1.54, 1.807) is 18.3 Å². The zero-order chi connectivity index (χ0) is 11.4. The molecule has 1 amide bonds. The highest BCUT2D eigenvalue weighted by atomic mass is 16.1. The summed E-state index contributed by atoms with van der Waals surface area (Å²) in [6.07, 6.45) is 5.99. The van der Waals surface area contributed by atoms with E-state index in [1.165, 1.54) is 18.6 Å². The maximum atomic E-state index is 11.7. The maximum absolute atomic E-state index is 11.7. The predicted octanol–water partition coefficient (Wildman–Crippen LogP) is 0.706. The van der Waals surface area contributed by atoms with Crippen LogP contribution in [0.2, 0.25) is 0 Å². The number of hydrogen-bond donors (Lipinski definition) is 2. The Labute approximate surface area is 91.6 Å². The van der Waals surface area contributed by atoms with Gasteiger partial charge < -0.3 is 11.1 Å². The van der Waals surface area contributed by atoms with Crippen molar-refractivity contribution in [3.05, 3.63) is 42.6 Å². The molecule has 2 rings (SSSR count). The van der Waals surface area contributed by atoms with Crippen LogP contribution in [0.25, 0.3) is 0 Å². The monoisotopic (exact) mass is 215 g/mol. The van der Waals surface area contributed by atoms with E-state index in [4.69, 9.17) is 5.73 Å². The number of carbonyl (C=O) groups excluding carboxylic acids is 1. The molecular weight excluding hydrogens is 206 g/mol. The van der Waals surface area contributed by atoms with E-state index in [1.807, 2.05) is 0 Å². The SMILES string of the molecule is Nc1nccnc1C(=O)Nc1cccnc1. The fraction of sp³-hybridized carbons (Fsp3) is 0. The molecule has 0 unspecified atom stereocenters. The molecule has 6 heteroatoms. The van der Waals surface area contributed by atoms with Crippen LogP contribution in [0.4, 0.5) is 11.5 Å². The third kappa shape index (κ3) is 2.11. The first-order chi connectivity index (χ1) is 7.77. The van der Waals surface area contributed by atoms with Gasteiger partial charge in [0.2, 0.25) is 0 Å². The maximum Gasteiger partial charge on any atom is 0.278 e. The molecule has 2 aromatic heterocycles. The Morgan fingerprint density at radius 2 is 2.06 bits per heavy atom. The number of nitrogens with one attached hydrogen (secondary N) is 1. The van der Waals surface area contributed by atoms with E-state index < -0.39 is 5.91 Å². The fourth-order valence-corrected chi connectivity index (χ4v) is 1.15. The molecule has 0 spiro atoms. The molecule has 0 bridgehead atoms. The highest BCUT2D eigenvalue weighted by molar-refractivity contribution is 6.05. The first kappa shape index (κ1) is 10.0. The summed E-state index contributed by atoms with van der Waals surface area (Å²) in [6.45, 7) is 0. The van der Waals surface area contributed by atoms with E-state index in [9.17, 15) is 4.79 Å². The van der Waals surface area contributed by atoms with Crippen LogP contribution in [0.15, 0.2) is 36.9 Å². The summed E-state index contributed by atoms with van der Waals surface area (Å²) < 4.78 is 0. The molecule has 0 fully saturated rings. The van der Waals surface area contributed by atoms with Gasteiger partial charge in [-0.2, -0.15) is 0 Å². The van der Waals surface area contributed by atoms with Gasteiger partial charge >= 0.3 is 0 Å². The van der Waals surface area contributed by atoms with Gasteiger partial charge in [0.1, 0.15) is 0 Å². The van der Waals surface area contributed by atoms with Crippen molar-refractivity contribution in [2.45, 2.75) is 0 Å². The number of anilines is 2. The summed E-state index contributed by atoms with van der Waals surface area (Å²) in [7, 11) is 0. The summed E-state index contributed by atoms with van der Waals surface area (Å²) in [5.74, 6) is -0.303. The normalized spacial score (nSPS) is 9.75. The molecule has 0 aliphatic rings. The third-order valence-corrected chi connectivity index (χ3v) is 1.86. The van der Waals surface area contributed by atoms with Gasteiger partial charge in [-0.25, -0.2) is 9.97 Å². The molecule has 0 radical (unpaired) electrons. The third-order valence-electron chi connectivity index (χ3n) is 1.86. The number of nitrogen functional groups attached to an aromatic ring is 1. The van der Waals surface area contributed by atoms with Gasteiger partial charge in [-0.3, -0.25) is 9.78 Å². The second-order valence-corrected chi connectivity index (χ2v) is 2.99. The quantitative estimate of drug-likeness (QED) is 0.769. The molecule has 2 aromatic rings. The Kier molecular flexibility index (Phi) is 2.73. The van der Waals surface area contributed by atoms with Crippen molar-refractivity contribution < 1.29 is 4.79 Å². The van der Waals surface area contributed by atoms with Gasteiger partial charge in [-0.05, 0) is 12.1 Å². The topological polar surface area (TPSA) is 93.8 Å². The van der Waals surface area contributed by atoms with Gasteiger partial charge in [-0.1, -0.05) is 0 Å². The van der Waals surface area contributed by atoms with Gasteiger partial charge in [0, 0.05) is 18.6 Å². The average Bonchev–Trinajstić information content (AvgIpc) is 2.31. The second kappa shape index (κ2) is 4.35. The van der Waals surface area contributed by atoms with Crippen molar-refractivity contribution in [1.29, 1.82) is 0 Å². The fourth-order valence-electron chi connectivity index (χ4n) is 1.15. The summed E-state index contributed by atoms with van der Waals surface area (Å²) in [5, 5.41) is 2.62. The molecule has 16 heavy (non-hydrogen) atoms. The molecule has 0 atom stereocenters. The standard InChI is InChI=1S/C10H9N5O/c11-9-8(13-4-5-14-9)10(16)15-7-2-1-3-12-6-7/h1-6H,(H2,11,14)(H,15,16). The number of hydrogen-bond acceptors (Lipinski definition) is 5. The highest BCUT2D eigenvalue weighted by Crippen LogP contribution is 2.08. The van der Waals surface area contributed by atoms with Gasteiger partial charge in [-0.15, -0.1) is 0 Å². The summed E-state index contributed by atoms with van der Waals surface area (Å²) in [4.78, 5) is 23.2. The van der Waals surface area contributed by atoms with Crippen LogP contribution in [0.3, 0.4) is 0 Å². The summed E-state index contributed by atoms with van der Waals surface area (Å²) in [5.41, 5.74) is 6.21. The Morgan fingerprint density at radius 1 is 1.25 bits per heavy atom. The van der Waals surface area contributed by atoms with Gasteiger partial charge in [0.15, 0.2) is 11.5 Å². The van der Waals surface area contributed by atoms with Crippen LogP contribution in [0, 0.1) is 0 Å². The lowest BCUT2D eigenvalue weighted by molar-refractivity contribution is 0.102. The summed E-state index contributed by atoms with van der Waals surface area (Å²) >= 11 is 0. The number of nitrogens with two attached hydrogens (primary N) is 1. The van der Waals surface area contributed by atoms with Crippen molar-refractivity contribution in [2.75, 3.05) is 11.1 Å². The van der Waals surface area contributed by atoms with Gasteiger partial charge in [0.05, 0.1) is 11.9 Å². The smallest absolute Gasteiger partial charge is 0.278 e. The number of amides is 1. The second-order valence-electron chi connectivity index (χ2n) is 2.99. The van der Waals surface area contributed by atoms with Crippen LogP contribution in [-0.4, -0.2) is 20.9 Å². The van der Waals surface area contributed by atoms with Crippen LogP contribution in [-0.2, 0) is 0 Å². The van der Waals surface area contributed by atoms with Crippen molar-refractivity contribution in [3.8, 4) is 0 Å². The lowest BCUT2D eigenvalue weighted by Crippen LogP contribution is -2.16. The predicted molar refractivity (Wildman–Crippen MR) is 58.6 cm³/mol. The molecule has 0 saturated carbocycles. The molecule has 80 valence electrons. The molecule has 0 aliphatic heterocycles. The molecule has 6 nitrogen and oxygen atoms in total. The van der Waals surface area contributed by atoms with E-state index in [-0.39, 0.29) is 11.5 Å². The van der Waals surface area contributed by atoms with Crippen molar-refractivity contribution in [1.82, 2.24) is 15.0 Å². The minimum Gasteiger partial charge on any atom is -0.382 e. The molecular formula is C10H9N5O. The number of rotatable bonds is 2. The lowest BCUT2D eigenvalue weighted by Gasteiger charge is -2.04. The highest BCUT2D eigenvalue weighted by Gasteiger charge is 2.11. The first-order valence-corrected chi connectivity index (χ1v) is 4.55. The Balaban J connectivity index is 2.19. The Hall–Kier alpha value is -2.50. The van der Waals surface area contributed by atoms with Gasteiger partial charge in [0.25, 0.3) is 5.91 Å². The van der Waals surface area contributed by atoms with Crippen molar-refractivity contribution in [3.63, 3.8) is 0 Å². The molecule has 0 aliphatic carbocycles. The molecule has 0 aromatic carbocycles. The Bertz CT molecular complexity index is 500. The largest absolute Gasteiger partial charge is 0.382 e. The number of carbonyl (C=O) groups is 1. The summed E-state index contributed by atoms with van der Waals surface area (Å²) in [6, 6.07) is 3.44. The lowest BCUT2D eigenvalue weighted by atomic mass is 10.3. The minimum absolute atomic E-state index is 0.101. The zero-order valence-electron chi connectivity index (χ0n) is 8.29. The molecule has 0 saturated heterocycles. The average molecular weight is 215 g/mol. The minimum atomic E-state index is -0.404. The van der Waals surface area contributed by atoms with Crippen LogP contribution >= 0.6 is 0 Å². The molecule has 3 N–H and O–H groups in total. The van der Waals surface area contributed by atoms with Crippen molar-refractivity contribution in [2.24, 2.45) is 0 Å². The van der Waals surface area contributed by atoms with E-state index >= 15 is 0 Å². The van der Waals surface area contributed by atoms with E-state index in [0.717, 1.165) is 0 Å². The van der Waals surface area contributed by atoms with E-state index in [2.05, 4.69) is 20.3 Å². The van der Waals surface area contributed by atoms with Crippen LogP contribution in [0.1, 0.15) is 10.5 Å². The van der Waals surface area contributed by atoms with Crippen LogP contribution < -0.4 is 11.1 Å². The van der Waals surface area contributed by atoms with Crippen LogP contribution in [0.5, 0.6) is 0 Å². The Morgan fingerprint density at radius 3 is 2.75 bits per heavy atom. The molecule has 2 heterocycles. The van der Waals surface area contributed by atoms with E-state index in [0.29, 0.717) is 5.69 Å². The van der Waals surface area contributed by atoms with Crippen molar-refractivity contribution >= 4 is 17.4 Å².